The van der Waals surface area contributed by atoms with Crippen molar-refractivity contribution < 1.29 is 8.78 Å². The predicted octanol–water partition coefficient (Wildman–Crippen LogP) is 3.37. The van der Waals surface area contributed by atoms with Crippen LogP contribution in [0, 0.1) is 11.6 Å². The largest absolute Gasteiger partial charge is 0.349 e. The van der Waals surface area contributed by atoms with Crippen molar-refractivity contribution in [2.45, 2.75) is 11.2 Å². The van der Waals surface area contributed by atoms with Crippen molar-refractivity contribution in [3.8, 4) is 0 Å². The molecule has 0 bridgehead atoms. The molecule has 16 heavy (non-hydrogen) atoms. The number of hydrogen-bond donors (Lipinski definition) is 1. The highest BCUT2D eigenvalue weighted by Crippen LogP contribution is 2.26. The fourth-order valence-electron chi connectivity index (χ4n) is 1.40. The van der Waals surface area contributed by atoms with Crippen molar-refractivity contribution >= 4 is 15.9 Å². The molecule has 0 amide bonds. The van der Waals surface area contributed by atoms with Crippen molar-refractivity contribution in [1.82, 2.24) is 9.97 Å². The van der Waals surface area contributed by atoms with Gasteiger partial charge in [0.25, 0.3) is 0 Å². The lowest BCUT2D eigenvalue weighted by Crippen LogP contribution is -1.98. The van der Waals surface area contributed by atoms with Crippen LogP contribution in [0.5, 0.6) is 0 Å². The van der Waals surface area contributed by atoms with E-state index in [1.54, 1.807) is 18.5 Å². The number of nitrogens with zero attached hydrogens (tertiary/aromatic N) is 1. The molecule has 1 aromatic carbocycles. The number of aromatic nitrogens is 2. The van der Waals surface area contributed by atoms with E-state index < -0.39 is 11.6 Å². The smallest absolute Gasteiger partial charge is 0.159 e. The zero-order chi connectivity index (χ0) is 11.5. The molecule has 2 rings (SSSR count). The summed E-state index contributed by atoms with van der Waals surface area (Å²) in [5.74, 6) is -0.866. The average Bonchev–Trinajstić information content (AvgIpc) is 2.74. The normalized spacial score (nSPS) is 12.7. The number of halogens is 3. The van der Waals surface area contributed by atoms with Gasteiger partial charge in [0.1, 0.15) is 5.82 Å². The number of aromatic amines is 1. The molecular weight excluding hydrogens is 278 g/mol. The first-order chi connectivity index (χ1) is 7.66. The van der Waals surface area contributed by atoms with E-state index in [9.17, 15) is 8.78 Å². The topological polar surface area (TPSA) is 28.7 Å². The van der Waals surface area contributed by atoms with E-state index in [1.807, 2.05) is 0 Å². The first kappa shape index (κ1) is 11.3. The Bertz CT molecular complexity index is 471. The molecule has 1 unspecified atom stereocenters. The Morgan fingerprint density at radius 2 is 2.12 bits per heavy atom. The number of nitrogens with one attached hydrogen (secondary N) is 1. The van der Waals surface area contributed by atoms with E-state index in [4.69, 9.17) is 0 Å². The van der Waals surface area contributed by atoms with E-state index in [0.717, 1.165) is 11.9 Å². The monoisotopic (exact) mass is 286 g/mol. The Morgan fingerprint density at radius 3 is 2.75 bits per heavy atom. The van der Waals surface area contributed by atoms with E-state index in [0.29, 0.717) is 12.0 Å². The van der Waals surface area contributed by atoms with Crippen LogP contribution in [-0.4, -0.2) is 9.97 Å². The lowest BCUT2D eigenvalue weighted by molar-refractivity contribution is 0.507. The van der Waals surface area contributed by atoms with Crippen molar-refractivity contribution in [2.24, 2.45) is 0 Å². The van der Waals surface area contributed by atoms with E-state index in [2.05, 4.69) is 25.9 Å². The predicted molar refractivity (Wildman–Crippen MR) is 60.3 cm³/mol. The summed E-state index contributed by atoms with van der Waals surface area (Å²) in [5, 5.41) is 0. The van der Waals surface area contributed by atoms with Crippen molar-refractivity contribution in [3.05, 3.63) is 53.6 Å². The fraction of sp³-hybridized carbons (Fsp3) is 0.182. The third-order valence-electron chi connectivity index (χ3n) is 2.23. The number of alkyl halides is 1. The number of rotatable bonds is 3. The molecule has 0 aliphatic heterocycles. The molecule has 84 valence electrons. The van der Waals surface area contributed by atoms with Gasteiger partial charge in [-0.15, -0.1) is 0 Å². The van der Waals surface area contributed by atoms with Crippen LogP contribution in [0.2, 0.25) is 0 Å². The molecule has 2 nitrogen and oxygen atoms in total. The van der Waals surface area contributed by atoms with Crippen LogP contribution in [-0.2, 0) is 6.42 Å². The molecule has 0 saturated heterocycles. The Hall–Kier alpha value is -1.23. The first-order valence-corrected chi connectivity index (χ1v) is 5.65. The molecular formula is C11H9BrF2N2. The molecule has 0 fully saturated rings. The molecule has 1 heterocycles. The molecule has 0 radical (unpaired) electrons. The quantitative estimate of drug-likeness (QED) is 0.861. The third kappa shape index (κ3) is 2.47. The highest BCUT2D eigenvalue weighted by atomic mass is 79.9. The van der Waals surface area contributed by atoms with Crippen LogP contribution in [0.1, 0.15) is 16.2 Å². The SMILES string of the molecule is Fc1ccc(C(Br)Cc2ncc[nH]2)cc1F. The lowest BCUT2D eigenvalue weighted by atomic mass is 10.1. The van der Waals surface area contributed by atoms with Crippen molar-refractivity contribution in [1.29, 1.82) is 0 Å². The summed E-state index contributed by atoms with van der Waals surface area (Å²) in [5.41, 5.74) is 0.690. The van der Waals surface area contributed by atoms with Gasteiger partial charge < -0.3 is 4.98 Å². The summed E-state index contributed by atoms with van der Waals surface area (Å²) < 4.78 is 25.7. The molecule has 0 aliphatic carbocycles. The second-order valence-corrected chi connectivity index (χ2v) is 4.49. The van der Waals surface area contributed by atoms with Crippen LogP contribution < -0.4 is 0 Å². The molecule has 5 heteroatoms. The van der Waals surface area contributed by atoms with Gasteiger partial charge in [-0.05, 0) is 17.7 Å². The third-order valence-corrected chi connectivity index (χ3v) is 3.09. The van der Waals surface area contributed by atoms with Gasteiger partial charge in [0.15, 0.2) is 11.6 Å². The second-order valence-electron chi connectivity index (χ2n) is 3.38. The van der Waals surface area contributed by atoms with Crippen LogP contribution in [0.25, 0.3) is 0 Å². The molecule has 0 spiro atoms. The fourth-order valence-corrected chi connectivity index (χ4v) is 2.00. The standard InChI is InChI=1S/C11H9BrF2N2/c12-8(6-11-15-3-4-16-11)7-1-2-9(13)10(14)5-7/h1-5,8H,6H2,(H,15,16). The number of H-pyrrole nitrogens is 1. The summed E-state index contributed by atoms with van der Waals surface area (Å²) in [6, 6.07) is 3.87. The maximum absolute atomic E-state index is 13.0. The highest BCUT2D eigenvalue weighted by Gasteiger charge is 2.12. The average molecular weight is 287 g/mol. The highest BCUT2D eigenvalue weighted by molar-refractivity contribution is 9.09. The van der Waals surface area contributed by atoms with E-state index >= 15 is 0 Å². The Balaban J connectivity index is 2.14. The zero-order valence-corrected chi connectivity index (χ0v) is 9.84. The Morgan fingerprint density at radius 1 is 1.31 bits per heavy atom. The molecule has 2 aromatic rings. The maximum Gasteiger partial charge on any atom is 0.159 e. The van der Waals surface area contributed by atoms with Gasteiger partial charge in [0, 0.05) is 23.6 Å². The van der Waals surface area contributed by atoms with Crippen LogP contribution in [0.4, 0.5) is 8.78 Å². The van der Waals surface area contributed by atoms with Crippen LogP contribution in [0.3, 0.4) is 0 Å². The first-order valence-electron chi connectivity index (χ1n) is 4.74. The van der Waals surface area contributed by atoms with Crippen molar-refractivity contribution in [3.63, 3.8) is 0 Å². The Kier molecular flexibility index (Phi) is 3.33. The van der Waals surface area contributed by atoms with Gasteiger partial charge in [-0.1, -0.05) is 22.0 Å². The molecule has 1 atom stereocenters. The van der Waals surface area contributed by atoms with Gasteiger partial charge in [-0.2, -0.15) is 0 Å². The van der Waals surface area contributed by atoms with Gasteiger partial charge in [0.2, 0.25) is 0 Å². The van der Waals surface area contributed by atoms with Crippen LogP contribution in [0.15, 0.2) is 30.6 Å². The summed E-state index contributed by atoms with van der Waals surface area (Å²) in [7, 11) is 0. The molecule has 0 aliphatic rings. The maximum atomic E-state index is 13.0. The van der Waals surface area contributed by atoms with Crippen LogP contribution >= 0.6 is 15.9 Å². The number of hydrogen-bond acceptors (Lipinski definition) is 1. The minimum absolute atomic E-state index is 0.0891. The van der Waals surface area contributed by atoms with Gasteiger partial charge in [-0.3, -0.25) is 0 Å². The van der Waals surface area contributed by atoms with Gasteiger partial charge in [0.05, 0.1) is 0 Å². The second kappa shape index (κ2) is 4.74. The Labute approximate surface area is 99.8 Å². The van der Waals surface area contributed by atoms with Gasteiger partial charge in [-0.25, -0.2) is 13.8 Å². The van der Waals surface area contributed by atoms with Crippen molar-refractivity contribution in [2.75, 3.05) is 0 Å². The minimum Gasteiger partial charge on any atom is -0.349 e. The molecule has 1 aromatic heterocycles. The summed E-state index contributed by atoms with van der Waals surface area (Å²) in [4.78, 5) is 6.93. The number of benzene rings is 1. The van der Waals surface area contributed by atoms with E-state index in [-0.39, 0.29) is 4.83 Å². The summed E-state index contributed by atoms with van der Waals surface area (Å²) >= 11 is 3.42. The number of imidazole rings is 1. The molecule has 0 saturated carbocycles. The zero-order valence-electron chi connectivity index (χ0n) is 8.25. The summed E-state index contributed by atoms with van der Waals surface area (Å²) in [6.45, 7) is 0. The lowest BCUT2D eigenvalue weighted by Gasteiger charge is -2.08. The van der Waals surface area contributed by atoms with Gasteiger partial charge >= 0.3 is 0 Å². The minimum atomic E-state index is -0.832. The van der Waals surface area contributed by atoms with E-state index in [1.165, 1.54) is 6.07 Å². The summed E-state index contributed by atoms with van der Waals surface area (Å²) in [6.07, 6.45) is 3.97. The molecule has 1 N–H and O–H groups in total.